The van der Waals surface area contributed by atoms with Gasteiger partial charge >= 0.3 is 0 Å². The number of hydrogen-bond acceptors (Lipinski definition) is 5. The first-order valence-corrected chi connectivity index (χ1v) is 9.61. The number of imidazole rings is 1. The third-order valence-electron chi connectivity index (χ3n) is 4.73. The number of amides is 1. The van der Waals surface area contributed by atoms with Gasteiger partial charge in [-0.05, 0) is 12.1 Å². The van der Waals surface area contributed by atoms with E-state index in [0.29, 0.717) is 31.6 Å². The fraction of sp³-hybridized carbons (Fsp3) is 0.375. The molecule has 0 saturated carbocycles. The topological polar surface area (TPSA) is 96.3 Å². The second-order valence-electron chi connectivity index (χ2n) is 6.42. The van der Waals surface area contributed by atoms with Crippen LogP contribution in [0.4, 0.5) is 5.69 Å². The van der Waals surface area contributed by atoms with Crippen LogP contribution in [0.1, 0.15) is 12.8 Å². The van der Waals surface area contributed by atoms with Gasteiger partial charge in [-0.2, -0.15) is 4.72 Å². The summed E-state index contributed by atoms with van der Waals surface area (Å²) in [6.45, 7) is 1.23. The molecular weight excluding hydrogens is 342 g/mol. The van der Waals surface area contributed by atoms with Crippen molar-refractivity contribution >= 4 is 21.6 Å². The van der Waals surface area contributed by atoms with Gasteiger partial charge in [-0.15, -0.1) is 0 Å². The average Bonchev–Trinajstić information content (AvgIpc) is 3.07. The smallest absolute Gasteiger partial charge is 0.244 e. The molecule has 0 radical (unpaired) electrons. The molecule has 8 nitrogen and oxygen atoms in total. The SMILES string of the molecule is O=C(Cn1ccnc1)N1CCC2(CC1)Nc1ccccc1S(=O)(=O)N2. The summed E-state index contributed by atoms with van der Waals surface area (Å²) in [5, 5.41) is 3.33. The number of likely N-dealkylation sites (tertiary alicyclic amines) is 1. The van der Waals surface area contributed by atoms with E-state index < -0.39 is 15.7 Å². The van der Waals surface area contributed by atoms with Crippen molar-refractivity contribution in [1.29, 1.82) is 0 Å². The van der Waals surface area contributed by atoms with E-state index in [4.69, 9.17) is 0 Å². The normalized spacial score (nSPS) is 20.7. The van der Waals surface area contributed by atoms with Crippen molar-refractivity contribution in [3.63, 3.8) is 0 Å². The van der Waals surface area contributed by atoms with E-state index >= 15 is 0 Å². The van der Waals surface area contributed by atoms with Crippen LogP contribution >= 0.6 is 0 Å². The van der Waals surface area contributed by atoms with E-state index in [9.17, 15) is 13.2 Å². The highest BCUT2D eigenvalue weighted by Crippen LogP contribution is 2.34. The number of para-hydroxylation sites is 1. The average molecular weight is 361 g/mol. The van der Waals surface area contributed by atoms with Gasteiger partial charge in [0.05, 0.1) is 12.0 Å². The van der Waals surface area contributed by atoms with Gasteiger partial charge in [0.25, 0.3) is 0 Å². The molecule has 3 heterocycles. The molecule has 2 aliphatic heterocycles. The molecular formula is C16H19N5O3S. The number of benzene rings is 1. The first-order valence-electron chi connectivity index (χ1n) is 8.12. The molecule has 0 aliphatic carbocycles. The summed E-state index contributed by atoms with van der Waals surface area (Å²) in [7, 11) is -3.56. The van der Waals surface area contributed by atoms with E-state index in [0.717, 1.165) is 0 Å². The number of hydrogen-bond donors (Lipinski definition) is 2. The zero-order chi connectivity index (χ0) is 17.5. The van der Waals surface area contributed by atoms with E-state index in [1.54, 1.807) is 46.4 Å². The highest BCUT2D eigenvalue weighted by Gasteiger charge is 2.43. The second-order valence-corrected chi connectivity index (χ2v) is 8.08. The number of carbonyl (C=O) groups is 1. The van der Waals surface area contributed by atoms with E-state index in [1.165, 1.54) is 0 Å². The number of aromatic nitrogens is 2. The van der Waals surface area contributed by atoms with E-state index in [1.807, 2.05) is 6.07 Å². The largest absolute Gasteiger partial charge is 0.365 e. The number of sulfonamides is 1. The molecule has 4 rings (SSSR count). The Labute approximate surface area is 145 Å². The van der Waals surface area contributed by atoms with Gasteiger partial charge < -0.3 is 14.8 Å². The Morgan fingerprint density at radius 3 is 2.72 bits per heavy atom. The van der Waals surface area contributed by atoms with Crippen LogP contribution in [0, 0.1) is 0 Å². The van der Waals surface area contributed by atoms with Gasteiger partial charge in [-0.25, -0.2) is 13.4 Å². The Morgan fingerprint density at radius 1 is 1.24 bits per heavy atom. The predicted octanol–water partition coefficient (Wildman–Crippen LogP) is 0.606. The summed E-state index contributed by atoms with van der Waals surface area (Å²) in [5.74, 6) is 0.00640. The van der Waals surface area contributed by atoms with Gasteiger partial charge in [-0.3, -0.25) is 4.79 Å². The van der Waals surface area contributed by atoms with Crippen molar-refractivity contribution in [1.82, 2.24) is 19.2 Å². The minimum atomic E-state index is -3.56. The molecule has 1 saturated heterocycles. The van der Waals surface area contributed by atoms with Crippen LogP contribution in [0.15, 0.2) is 47.9 Å². The Balaban J connectivity index is 1.47. The molecule has 25 heavy (non-hydrogen) atoms. The van der Waals surface area contributed by atoms with Crippen molar-refractivity contribution in [2.24, 2.45) is 0 Å². The molecule has 132 valence electrons. The zero-order valence-electron chi connectivity index (χ0n) is 13.6. The summed E-state index contributed by atoms with van der Waals surface area (Å²) in [6.07, 6.45) is 6.01. The monoisotopic (exact) mass is 361 g/mol. The van der Waals surface area contributed by atoms with Crippen LogP contribution in [0.2, 0.25) is 0 Å². The lowest BCUT2D eigenvalue weighted by molar-refractivity contribution is -0.133. The van der Waals surface area contributed by atoms with Crippen molar-refractivity contribution in [2.45, 2.75) is 29.9 Å². The maximum Gasteiger partial charge on any atom is 0.244 e. The summed E-state index contributed by atoms with van der Waals surface area (Å²) < 4.78 is 29.6. The molecule has 1 aromatic heterocycles. The number of nitrogens with zero attached hydrogens (tertiary/aromatic N) is 3. The lowest BCUT2D eigenvalue weighted by Crippen LogP contribution is -2.62. The molecule has 1 amide bonds. The van der Waals surface area contributed by atoms with Crippen LogP contribution in [-0.4, -0.2) is 47.5 Å². The number of piperidine rings is 1. The van der Waals surface area contributed by atoms with Crippen molar-refractivity contribution in [3.8, 4) is 0 Å². The molecule has 1 spiro atoms. The predicted molar refractivity (Wildman–Crippen MR) is 91.2 cm³/mol. The third-order valence-corrected chi connectivity index (χ3v) is 6.32. The van der Waals surface area contributed by atoms with Gasteiger partial charge in [0.15, 0.2) is 0 Å². The lowest BCUT2D eigenvalue weighted by Gasteiger charge is -2.45. The molecule has 0 atom stereocenters. The quantitative estimate of drug-likeness (QED) is 0.817. The number of nitrogens with one attached hydrogen (secondary N) is 2. The second kappa shape index (κ2) is 5.85. The molecule has 2 aromatic rings. The Kier molecular flexibility index (Phi) is 3.77. The van der Waals surface area contributed by atoms with E-state index in [-0.39, 0.29) is 17.3 Å². The Morgan fingerprint density at radius 2 is 2.00 bits per heavy atom. The summed E-state index contributed by atoms with van der Waals surface area (Å²) in [4.78, 5) is 18.3. The molecule has 9 heteroatoms. The Hall–Kier alpha value is -2.39. The standard InChI is InChI=1S/C16H19N5O3S/c22-15(11-20-10-7-17-12-20)21-8-5-16(6-9-21)18-13-3-1-2-4-14(13)25(23,24)19-16/h1-4,7,10,12,18-19H,5-6,8-9,11H2. The first-order chi connectivity index (χ1) is 12.0. The highest BCUT2D eigenvalue weighted by atomic mass is 32.2. The van der Waals surface area contributed by atoms with Crippen LogP contribution in [0.5, 0.6) is 0 Å². The van der Waals surface area contributed by atoms with Gasteiger partial charge in [0.1, 0.15) is 17.1 Å². The summed E-state index contributed by atoms with van der Waals surface area (Å²) in [5.41, 5.74) is -0.127. The highest BCUT2D eigenvalue weighted by molar-refractivity contribution is 7.89. The maximum absolute atomic E-state index is 12.5. The lowest BCUT2D eigenvalue weighted by atomic mass is 9.97. The molecule has 2 aliphatic rings. The number of anilines is 1. The molecule has 0 unspecified atom stereocenters. The minimum Gasteiger partial charge on any atom is -0.365 e. The van der Waals surface area contributed by atoms with Crippen LogP contribution in [-0.2, 0) is 21.4 Å². The summed E-state index contributed by atoms with van der Waals surface area (Å²) >= 11 is 0. The van der Waals surface area contributed by atoms with E-state index in [2.05, 4.69) is 15.0 Å². The molecule has 0 bridgehead atoms. The summed E-state index contributed by atoms with van der Waals surface area (Å²) in [6, 6.07) is 6.87. The van der Waals surface area contributed by atoms with Crippen molar-refractivity contribution in [3.05, 3.63) is 43.0 Å². The third kappa shape index (κ3) is 3.00. The van der Waals surface area contributed by atoms with Crippen molar-refractivity contribution < 1.29 is 13.2 Å². The Bertz CT molecular complexity index is 886. The fourth-order valence-corrected chi connectivity index (χ4v) is 4.95. The van der Waals surface area contributed by atoms with Gasteiger partial charge in [0.2, 0.25) is 15.9 Å². The fourth-order valence-electron chi connectivity index (χ4n) is 3.40. The maximum atomic E-state index is 12.5. The molecule has 1 fully saturated rings. The van der Waals surface area contributed by atoms with Crippen LogP contribution in [0.25, 0.3) is 0 Å². The minimum absolute atomic E-state index is 0.00640. The van der Waals surface area contributed by atoms with Crippen LogP contribution < -0.4 is 10.0 Å². The van der Waals surface area contributed by atoms with Gasteiger partial charge in [0, 0.05) is 38.3 Å². The number of carbonyl (C=O) groups excluding carboxylic acids is 1. The number of fused-ring (bicyclic) bond motifs is 1. The van der Waals surface area contributed by atoms with Gasteiger partial charge in [-0.1, -0.05) is 12.1 Å². The number of rotatable bonds is 2. The van der Waals surface area contributed by atoms with Crippen molar-refractivity contribution in [2.75, 3.05) is 18.4 Å². The first kappa shape index (κ1) is 16.1. The molecule has 2 N–H and O–H groups in total. The molecule has 1 aromatic carbocycles. The van der Waals surface area contributed by atoms with Crippen LogP contribution in [0.3, 0.4) is 0 Å². The zero-order valence-corrected chi connectivity index (χ0v) is 14.4.